The maximum absolute atomic E-state index is 12.8. The van der Waals surface area contributed by atoms with E-state index in [0.717, 1.165) is 6.07 Å². The molecule has 0 bridgehead atoms. The number of nitrogens with zero attached hydrogens (tertiary/aromatic N) is 1. The molecule has 5 heteroatoms. The van der Waals surface area contributed by atoms with E-state index >= 15 is 0 Å². The highest BCUT2D eigenvalue weighted by atomic mass is 19.4. The van der Waals surface area contributed by atoms with E-state index in [1.165, 1.54) is 36.5 Å². The fourth-order valence-corrected chi connectivity index (χ4v) is 1.54. The molecule has 0 fully saturated rings. The van der Waals surface area contributed by atoms with Crippen LogP contribution in [0.25, 0.3) is 11.3 Å². The molecule has 0 amide bonds. The standard InChI is InChI=1S/C12H8F3NO/c13-12(14,15)9-5-2-1-4-8(9)11-10(17)6-3-7-16-11/h1-7,17H. The number of halogens is 3. The summed E-state index contributed by atoms with van der Waals surface area (Å²) in [7, 11) is 0. The summed E-state index contributed by atoms with van der Waals surface area (Å²) in [5.41, 5.74) is -1.01. The Bertz CT molecular complexity index is 537. The fourth-order valence-electron chi connectivity index (χ4n) is 1.54. The number of pyridine rings is 1. The molecule has 1 N–H and O–H groups in total. The van der Waals surface area contributed by atoms with Gasteiger partial charge in [0.25, 0.3) is 0 Å². The lowest BCUT2D eigenvalue weighted by Gasteiger charge is -2.12. The first-order chi connectivity index (χ1) is 8.00. The molecule has 2 aromatic rings. The van der Waals surface area contributed by atoms with E-state index in [0.29, 0.717) is 0 Å². The van der Waals surface area contributed by atoms with E-state index in [1.54, 1.807) is 0 Å². The molecule has 0 atom stereocenters. The van der Waals surface area contributed by atoms with Crippen LogP contribution in [-0.4, -0.2) is 10.1 Å². The van der Waals surface area contributed by atoms with Crippen molar-refractivity contribution in [3.8, 4) is 17.0 Å². The molecule has 0 radical (unpaired) electrons. The molecule has 1 aromatic carbocycles. The van der Waals surface area contributed by atoms with Crippen LogP contribution in [-0.2, 0) is 6.18 Å². The van der Waals surface area contributed by atoms with Gasteiger partial charge in [0.2, 0.25) is 0 Å². The quantitative estimate of drug-likeness (QED) is 0.826. The highest BCUT2D eigenvalue weighted by Crippen LogP contribution is 2.38. The van der Waals surface area contributed by atoms with Gasteiger partial charge in [0.05, 0.1) is 5.56 Å². The summed E-state index contributed by atoms with van der Waals surface area (Å²) in [6.45, 7) is 0. The van der Waals surface area contributed by atoms with Crippen molar-refractivity contribution < 1.29 is 18.3 Å². The van der Waals surface area contributed by atoms with Crippen molar-refractivity contribution >= 4 is 0 Å². The molecule has 0 saturated heterocycles. The van der Waals surface area contributed by atoms with Crippen LogP contribution in [0.2, 0.25) is 0 Å². The molecular weight excluding hydrogens is 231 g/mol. The Morgan fingerprint density at radius 1 is 1.00 bits per heavy atom. The number of benzene rings is 1. The van der Waals surface area contributed by atoms with Crippen LogP contribution in [0.5, 0.6) is 5.75 Å². The average molecular weight is 239 g/mol. The van der Waals surface area contributed by atoms with Crippen molar-refractivity contribution in [2.75, 3.05) is 0 Å². The van der Waals surface area contributed by atoms with E-state index in [9.17, 15) is 18.3 Å². The minimum Gasteiger partial charge on any atom is -0.506 e. The van der Waals surface area contributed by atoms with Gasteiger partial charge in [0.1, 0.15) is 11.4 Å². The monoisotopic (exact) mass is 239 g/mol. The number of alkyl halides is 3. The maximum Gasteiger partial charge on any atom is 0.417 e. The van der Waals surface area contributed by atoms with Crippen molar-refractivity contribution in [3.05, 3.63) is 48.2 Å². The van der Waals surface area contributed by atoms with Gasteiger partial charge >= 0.3 is 6.18 Å². The third-order valence-electron chi connectivity index (χ3n) is 2.27. The van der Waals surface area contributed by atoms with Gasteiger partial charge in [-0.25, -0.2) is 0 Å². The van der Waals surface area contributed by atoms with E-state index in [2.05, 4.69) is 4.98 Å². The summed E-state index contributed by atoms with van der Waals surface area (Å²) in [6.07, 6.45) is -3.14. The molecule has 0 aliphatic rings. The zero-order valence-corrected chi connectivity index (χ0v) is 8.57. The Morgan fingerprint density at radius 3 is 2.35 bits per heavy atom. The molecule has 1 heterocycles. The number of aromatic nitrogens is 1. The van der Waals surface area contributed by atoms with Crippen LogP contribution in [0.1, 0.15) is 5.56 Å². The third kappa shape index (κ3) is 2.22. The SMILES string of the molecule is Oc1cccnc1-c1ccccc1C(F)(F)F. The minimum absolute atomic E-state index is 0.0691. The second-order valence-electron chi connectivity index (χ2n) is 3.41. The molecular formula is C12H8F3NO. The molecule has 1 aromatic heterocycles. The van der Waals surface area contributed by atoms with Gasteiger partial charge in [-0.15, -0.1) is 0 Å². The largest absolute Gasteiger partial charge is 0.506 e. The molecule has 2 nitrogen and oxygen atoms in total. The van der Waals surface area contributed by atoms with Crippen molar-refractivity contribution in [1.82, 2.24) is 4.98 Å². The van der Waals surface area contributed by atoms with Crippen molar-refractivity contribution in [2.24, 2.45) is 0 Å². The maximum atomic E-state index is 12.8. The molecule has 0 unspecified atom stereocenters. The lowest BCUT2D eigenvalue weighted by molar-refractivity contribution is -0.137. The van der Waals surface area contributed by atoms with Gasteiger partial charge in [-0.1, -0.05) is 18.2 Å². The molecule has 0 aliphatic heterocycles. The van der Waals surface area contributed by atoms with E-state index in [-0.39, 0.29) is 17.0 Å². The first-order valence-corrected chi connectivity index (χ1v) is 4.81. The van der Waals surface area contributed by atoms with E-state index < -0.39 is 11.7 Å². The highest BCUT2D eigenvalue weighted by molar-refractivity contribution is 5.69. The average Bonchev–Trinajstić information content (AvgIpc) is 2.28. The first kappa shape index (κ1) is 11.4. The lowest BCUT2D eigenvalue weighted by atomic mass is 10.0. The van der Waals surface area contributed by atoms with Crippen molar-refractivity contribution in [2.45, 2.75) is 6.18 Å². The van der Waals surface area contributed by atoms with Crippen LogP contribution >= 0.6 is 0 Å². The minimum atomic E-state index is -4.47. The number of rotatable bonds is 1. The van der Waals surface area contributed by atoms with Crippen LogP contribution in [0.4, 0.5) is 13.2 Å². The van der Waals surface area contributed by atoms with Crippen LogP contribution in [0.15, 0.2) is 42.6 Å². The molecule has 17 heavy (non-hydrogen) atoms. The van der Waals surface area contributed by atoms with Gasteiger partial charge < -0.3 is 5.11 Å². The summed E-state index contributed by atoms with van der Waals surface area (Å²) in [5, 5.41) is 9.52. The Labute approximate surface area is 95.4 Å². The second kappa shape index (κ2) is 4.08. The van der Waals surface area contributed by atoms with E-state index in [4.69, 9.17) is 0 Å². The van der Waals surface area contributed by atoms with E-state index in [1.807, 2.05) is 0 Å². The molecule has 0 aliphatic carbocycles. The smallest absolute Gasteiger partial charge is 0.417 e. The van der Waals surface area contributed by atoms with Gasteiger partial charge in [0.15, 0.2) is 0 Å². The fraction of sp³-hybridized carbons (Fsp3) is 0.0833. The number of aromatic hydroxyl groups is 1. The molecule has 0 saturated carbocycles. The Balaban J connectivity index is 2.65. The lowest BCUT2D eigenvalue weighted by Crippen LogP contribution is -2.07. The summed E-state index contributed by atoms with van der Waals surface area (Å²) in [6, 6.07) is 7.77. The summed E-state index contributed by atoms with van der Waals surface area (Å²) in [4.78, 5) is 3.77. The van der Waals surface area contributed by atoms with Gasteiger partial charge in [-0.05, 0) is 18.2 Å². The predicted molar refractivity (Wildman–Crippen MR) is 56.3 cm³/mol. The Hall–Kier alpha value is -2.04. The Morgan fingerprint density at radius 2 is 1.71 bits per heavy atom. The van der Waals surface area contributed by atoms with Gasteiger partial charge in [-0.2, -0.15) is 13.2 Å². The zero-order valence-electron chi connectivity index (χ0n) is 8.57. The molecule has 0 spiro atoms. The first-order valence-electron chi connectivity index (χ1n) is 4.81. The van der Waals surface area contributed by atoms with Crippen LogP contribution < -0.4 is 0 Å². The number of hydrogen-bond donors (Lipinski definition) is 1. The topological polar surface area (TPSA) is 33.1 Å². The van der Waals surface area contributed by atoms with Crippen molar-refractivity contribution in [1.29, 1.82) is 0 Å². The van der Waals surface area contributed by atoms with Gasteiger partial charge in [0, 0.05) is 11.8 Å². The summed E-state index contributed by atoms with van der Waals surface area (Å²) >= 11 is 0. The molecule has 2 rings (SSSR count). The molecule has 88 valence electrons. The van der Waals surface area contributed by atoms with Crippen LogP contribution in [0.3, 0.4) is 0 Å². The predicted octanol–water partition coefficient (Wildman–Crippen LogP) is 3.47. The highest BCUT2D eigenvalue weighted by Gasteiger charge is 2.34. The summed E-state index contributed by atoms with van der Waals surface area (Å²) in [5.74, 6) is -0.274. The van der Waals surface area contributed by atoms with Gasteiger partial charge in [-0.3, -0.25) is 4.98 Å². The van der Waals surface area contributed by atoms with Crippen molar-refractivity contribution in [3.63, 3.8) is 0 Å². The van der Waals surface area contributed by atoms with Crippen LogP contribution in [0, 0.1) is 0 Å². The summed E-state index contributed by atoms with van der Waals surface area (Å²) < 4.78 is 38.3. The normalized spacial score (nSPS) is 11.5. The number of hydrogen-bond acceptors (Lipinski definition) is 2. The third-order valence-corrected chi connectivity index (χ3v) is 2.27. The Kier molecular flexibility index (Phi) is 2.75. The zero-order chi connectivity index (χ0) is 12.5. The second-order valence-corrected chi connectivity index (χ2v) is 3.41.